The summed E-state index contributed by atoms with van der Waals surface area (Å²) in [5, 5.41) is 0. The Balaban J connectivity index is 2.43. The van der Waals surface area contributed by atoms with Crippen molar-refractivity contribution in [2.75, 3.05) is 0 Å². The summed E-state index contributed by atoms with van der Waals surface area (Å²) < 4.78 is 0. The molecule has 1 heterocycles. The molecule has 82 valence electrons. The number of aromatic nitrogens is 2. The molecule has 1 fully saturated rings. The molecule has 1 N–H and O–H groups in total. The van der Waals surface area contributed by atoms with Gasteiger partial charge in [0.05, 0.1) is 11.6 Å². The first-order valence-electron chi connectivity index (χ1n) is 5.31. The second-order valence-electron chi connectivity index (χ2n) is 4.49. The summed E-state index contributed by atoms with van der Waals surface area (Å²) in [4.78, 5) is 18.7. The van der Waals surface area contributed by atoms with Crippen LogP contribution in [0.5, 0.6) is 0 Å². The van der Waals surface area contributed by atoms with Crippen LogP contribution >= 0.6 is 11.6 Å². The van der Waals surface area contributed by atoms with Crippen LogP contribution in [0.15, 0.2) is 10.9 Å². The molecule has 0 atom stereocenters. The lowest BCUT2D eigenvalue weighted by Crippen LogP contribution is -2.25. The molecule has 1 aliphatic rings. The van der Waals surface area contributed by atoms with Crippen molar-refractivity contribution in [2.24, 2.45) is 0 Å². The SMILES string of the molecule is CC1(c2nc(CCl)cc(=O)[nH]2)CCCC1. The third kappa shape index (κ3) is 2.07. The van der Waals surface area contributed by atoms with Crippen LogP contribution in [-0.2, 0) is 11.3 Å². The van der Waals surface area contributed by atoms with Crippen molar-refractivity contribution >= 4 is 11.6 Å². The molecule has 0 bridgehead atoms. The molecule has 0 unspecified atom stereocenters. The van der Waals surface area contributed by atoms with Gasteiger partial charge in [-0.15, -0.1) is 11.6 Å². The average molecular weight is 227 g/mol. The number of aromatic amines is 1. The molecular weight excluding hydrogens is 212 g/mol. The highest BCUT2D eigenvalue weighted by molar-refractivity contribution is 6.16. The van der Waals surface area contributed by atoms with Gasteiger partial charge >= 0.3 is 0 Å². The Morgan fingerprint density at radius 2 is 2.20 bits per heavy atom. The van der Waals surface area contributed by atoms with Gasteiger partial charge in [-0.25, -0.2) is 4.98 Å². The van der Waals surface area contributed by atoms with E-state index >= 15 is 0 Å². The Bertz CT molecular complexity index is 407. The first-order valence-corrected chi connectivity index (χ1v) is 5.84. The summed E-state index contributed by atoms with van der Waals surface area (Å²) in [6.45, 7) is 2.16. The van der Waals surface area contributed by atoms with Crippen molar-refractivity contribution in [2.45, 2.75) is 43.9 Å². The van der Waals surface area contributed by atoms with Gasteiger partial charge in [0.1, 0.15) is 5.82 Å². The van der Waals surface area contributed by atoms with Gasteiger partial charge in [-0.2, -0.15) is 0 Å². The highest BCUT2D eigenvalue weighted by atomic mass is 35.5. The van der Waals surface area contributed by atoms with E-state index in [9.17, 15) is 4.79 Å². The first kappa shape index (κ1) is 10.7. The minimum absolute atomic E-state index is 0.0429. The summed E-state index contributed by atoms with van der Waals surface area (Å²) in [5.41, 5.74) is 0.619. The van der Waals surface area contributed by atoms with Crippen molar-refractivity contribution in [3.8, 4) is 0 Å². The number of nitrogens with zero attached hydrogens (tertiary/aromatic N) is 1. The van der Waals surface area contributed by atoms with Gasteiger partial charge in [-0.05, 0) is 12.8 Å². The molecule has 0 amide bonds. The van der Waals surface area contributed by atoms with E-state index in [4.69, 9.17) is 11.6 Å². The molecule has 2 rings (SSSR count). The van der Waals surface area contributed by atoms with E-state index < -0.39 is 0 Å². The monoisotopic (exact) mass is 226 g/mol. The molecule has 4 heteroatoms. The molecule has 1 saturated carbocycles. The second kappa shape index (κ2) is 3.97. The number of hydrogen-bond acceptors (Lipinski definition) is 2. The summed E-state index contributed by atoms with van der Waals surface area (Å²) >= 11 is 5.71. The maximum absolute atomic E-state index is 11.4. The number of halogens is 1. The first-order chi connectivity index (χ1) is 7.14. The van der Waals surface area contributed by atoms with Gasteiger partial charge in [-0.3, -0.25) is 4.79 Å². The lowest BCUT2D eigenvalue weighted by molar-refractivity contribution is 0.455. The van der Waals surface area contributed by atoms with Gasteiger partial charge in [0.2, 0.25) is 0 Å². The molecular formula is C11H15ClN2O. The van der Waals surface area contributed by atoms with Crippen LogP contribution in [0.4, 0.5) is 0 Å². The van der Waals surface area contributed by atoms with Gasteiger partial charge in [-0.1, -0.05) is 19.8 Å². The minimum atomic E-state index is -0.0937. The zero-order valence-corrected chi connectivity index (χ0v) is 9.60. The highest BCUT2D eigenvalue weighted by Crippen LogP contribution is 2.38. The topological polar surface area (TPSA) is 45.8 Å². The predicted octanol–water partition coefficient (Wildman–Crippen LogP) is 2.34. The van der Waals surface area contributed by atoms with Gasteiger partial charge in [0, 0.05) is 11.5 Å². The Morgan fingerprint density at radius 3 is 2.80 bits per heavy atom. The Hall–Kier alpha value is -0.830. The zero-order chi connectivity index (χ0) is 10.9. The normalized spacial score (nSPS) is 19.3. The van der Waals surface area contributed by atoms with Crippen LogP contribution in [0.25, 0.3) is 0 Å². The molecule has 0 aliphatic heterocycles. The Morgan fingerprint density at radius 1 is 1.53 bits per heavy atom. The number of rotatable bonds is 2. The molecule has 1 aromatic heterocycles. The maximum atomic E-state index is 11.4. The Labute approximate surface area is 93.9 Å². The molecule has 15 heavy (non-hydrogen) atoms. The average Bonchev–Trinajstić information content (AvgIpc) is 2.65. The van der Waals surface area contributed by atoms with Crippen molar-refractivity contribution in [3.63, 3.8) is 0 Å². The maximum Gasteiger partial charge on any atom is 0.251 e. The van der Waals surface area contributed by atoms with Gasteiger partial charge < -0.3 is 4.98 Å². The predicted molar refractivity (Wildman–Crippen MR) is 60.2 cm³/mol. The summed E-state index contributed by atoms with van der Waals surface area (Å²) in [6.07, 6.45) is 4.62. The second-order valence-corrected chi connectivity index (χ2v) is 4.75. The molecule has 0 saturated heterocycles. The smallest absolute Gasteiger partial charge is 0.251 e. The largest absolute Gasteiger partial charge is 0.310 e. The van der Waals surface area contributed by atoms with Crippen molar-refractivity contribution in [1.82, 2.24) is 9.97 Å². The lowest BCUT2D eigenvalue weighted by atomic mass is 9.88. The number of nitrogens with one attached hydrogen (secondary N) is 1. The Kier molecular flexibility index (Phi) is 2.83. The third-order valence-electron chi connectivity index (χ3n) is 3.21. The van der Waals surface area contributed by atoms with Crippen LogP contribution in [0.3, 0.4) is 0 Å². The van der Waals surface area contributed by atoms with E-state index in [1.54, 1.807) is 0 Å². The molecule has 0 radical (unpaired) electrons. The van der Waals surface area contributed by atoms with Crippen molar-refractivity contribution in [1.29, 1.82) is 0 Å². The number of H-pyrrole nitrogens is 1. The van der Waals surface area contributed by atoms with E-state index in [2.05, 4.69) is 16.9 Å². The molecule has 1 aromatic rings. The fraction of sp³-hybridized carbons (Fsp3) is 0.636. The van der Waals surface area contributed by atoms with E-state index in [0.29, 0.717) is 11.6 Å². The minimum Gasteiger partial charge on any atom is -0.310 e. The van der Waals surface area contributed by atoms with Crippen molar-refractivity contribution < 1.29 is 0 Å². The molecule has 1 aliphatic carbocycles. The number of alkyl halides is 1. The van der Waals surface area contributed by atoms with Crippen LogP contribution in [0.2, 0.25) is 0 Å². The van der Waals surface area contributed by atoms with Crippen LogP contribution in [-0.4, -0.2) is 9.97 Å². The lowest BCUT2D eigenvalue weighted by Gasteiger charge is -2.22. The summed E-state index contributed by atoms with van der Waals surface area (Å²) in [6, 6.07) is 1.47. The fourth-order valence-electron chi connectivity index (χ4n) is 2.25. The van der Waals surface area contributed by atoms with E-state index in [-0.39, 0.29) is 11.0 Å². The zero-order valence-electron chi connectivity index (χ0n) is 8.85. The van der Waals surface area contributed by atoms with Crippen LogP contribution < -0.4 is 5.56 Å². The van der Waals surface area contributed by atoms with Crippen LogP contribution in [0, 0.1) is 0 Å². The third-order valence-corrected chi connectivity index (χ3v) is 3.48. The van der Waals surface area contributed by atoms with E-state index in [1.165, 1.54) is 18.9 Å². The fourth-order valence-corrected chi connectivity index (χ4v) is 2.39. The van der Waals surface area contributed by atoms with E-state index in [1.807, 2.05) is 0 Å². The van der Waals surface area contributed by atoms with Crippen molar-refractivity contribution in [3.05, 3.63) is 27.9 Å². The van der Waals surface area contributed by atoms with Gasteiger partial charge in [0.15, 0.2) is 0 Å². The van der Waals surface area contributed by atoms with E-state index in [0.717, 1.165) is 18.7 Å². The molecule has 3 nitrogen and oxygen atoms in total. The molecule has 0 spiro atoms. The summed E-state index contributed by atoms with van der Waals surface area (Å²) in [5.74, 6) is 1.11. The van der Waals surface area contributed by atoms with Gasteiger partial charge in [0.25, 0.3) is 5.56 Å². The molecule has 0 aromatic carbocycles. The standard InChI is InChI=1S/C11H15ClN2O/c1-11(4-2-3-5-11)10-13-8(7-12)6-9(15)14-10/h6H,2-5,7H2,1H3,(H,13,14,15). The van der Waals surface area contributed by atoms with Crippen LogP contribution in [0.1, 0.15) is 44.1 Å². The number of hydrogen-bond donors (Lipinski definition) is 1. The quantitative estimate of drug-likeness (QED) is 0.787. The highest BCUT2D eigenvalue weighted by Gasteiger charge is 2.33. The summed E-state index contributed by atoms with van der Waals surface area (Å²) in [7, 11) is 0.